The van der Waals surface area contributed by atoms with Gasteiger partial charge in [-0.2, -0.15) is 0 Å². The highest BCUT2D eigenvalue weighted by molar-refractivity contribution is 5.84. The number of fused-ring (bicyclic) bond motifs is 1. The number of likely N-dealkylation sites (N-methyl/N-ethyl adjacent to an activating group) is 1. The van der Waals surface area contributed by atoms with E-state index in [9.17, 15) is 9.59 Å². The van der Waals surface area contributed by atoms with Crippen LogP contribution in [0.25, 0.3) is 0 Å². The van der Waals surface area contributed by atoms with Crippen molar-refractivity contribution in [3.8, 4) is 0 Å². The molecule has 2 unspecified atom stereocenters. The van der Waals surface area contributed by atoms with Crippen molar-refractivity contribution in [3.63, 3.8) is 0 Å². The fraction of sp³-hybridized carbons (Fsp3) is 0.889. The molecule has 5 heteroatoms. The number of hydrogen-bond acceptors (Lipinski definition) is 3. The standard InChI is InChI=1S/C18H31N3O2/c1-19-10-12-20(13-11-19)17(22)6-7-18(23)21-9-8-15-4-2-3-5-16(15)14-21/h15-16H,2-14H2,1H3. The van der Waals surface area contributed by atoms with E-state index in [4.69, 9.17) is 0 Å². The van der Waals surface area contributed by atoms with Crippen molar-refractivity contribution in [1.29, 1.82) is 0 Å². The van der Waals surface area contributed by atoms with E-state index in [-0.39, 0.29) is 11.8 Å². The van der Waals surface area contributed by atoms with Gasteiger partial charge in [-0.3, -0.25) is 9.59 Å². The summed E-state index contributed by atoms with van der Waals surface area (Å²) in [7, 11) is 2.08. The molecule has 5 nitrogen and oxygen atoms in total. The van der Waals surface area contributed by atoms with Gasteiger partial charge in [0.25, 0.3) is 0 Å². The molecule has 3 aliphatic rings. The van der Waals surface area contributed by atoms with Crippen LogP contribution in [0.5, 0.6) is 0 Å². The summed E-state index contributed by atoms with van der Waals surface area (Å²) in [6.45, 7) is 5.33. The lowest BCUT2D eigenvalue weighted by Crippen LogP contribution is -2.48. The summed E-state index contributed by atoms with van der Waals surface area (Å²) in [5.74, 6) is 1.91. The van der Waals surface area contributed by atoms with E-state index in [2.05, 4.69) is 11.9 Å². The summed E-state index contributed by atoms with van der Waals surface area (Å²) in [4.78, 5) is 30.9. The third-order valence-corrected chi connectivity index (χ3v) is 6.05. The maximum atomic E-state index is 12.5. The van der Waals surface area contributed by atoms with Gasteiger partial charge in [-0.1, -0.05) is 19.3 Å². The van der Waals surface area contributed by atoms with Crippen molar-refractivity contribution in [2.24, 2.45) is 11.8 Å². The van der Waals surface area contributed by atoms with Crippen LogP contribution in [0.4, 0.5) is 0 Å². The van der Waals surface area contributed by atoms with Crippen LogP contribution in [0.3, 0.4) is 0 Å². The van der Waals surface area contributed by atoms with Gasteiger partial charge in [0.05, 0.1) is 0 Å². The normalized spacial score (nSPS) is 29.3. The Morgan fingerprint density at radius 3 is 2.09 bits per heavy atom. The van der Waals surface area contributed by atoms with E-state index in [1.54, 1.807) is 0 Å². The second-order valence-electron chi connectivity index (χ2n) is 7.62. The van der Waals surface area contributed by atoms with Crippen LogP contribution in [0.15, 0.2) is 0 Å². The Morgan fingerprint density at radius 2 is 1.39 bits per heavy atom. The Kier molecular flexibility index (Phi) is 5.57. The zero-order valence-corrected chi connectivity index (χ0v) is 14.5. The van der Waals surface area contributed by atoms with Gasteiger partial charge in [0.1, 0.15) is 0 Å². The monoisotopic (exact) mass is 321 g/mol. The number of likely N-dealkylation sites (tertiary alicyclic amines) is 1. The molecule has 0 N–H and O–H groups in total. The van der Waals surface area contributed by atoms with Crippen molar-refractivity contribution in [2.45, 2.75) is 44.9 Å². The summed E-state index contributed by atoms with van der Waals surface area (Å²) >= 11 is 0. The lowest BCUT2D eigenvalue weighted by Gasteiger charge is -2.41. The van der Waals surface area contributed by atoms with E-state index in [1.165, 1.54) is 32.1 Å². The number of piperazine rings is 1. The van der Waals surface area contributed by atoms with Gasteiger partial charge in [0.15, 0.2) is 0 Å². The summed E-state index contributed by atoms with van der Waals surface area (Å²) in [6.07, 6.45) is 7.28. The molecule has 0 aromatic heterocycles. The second-order valence-corrected chi connectivity index (χ2v) is 7.62. The molecule has 0 radical (unpaired) electrons. The van der Waals surface area contributed by atoms with Crippen LogP contribution in [0.2, 0.25) is 0 Å². The predicted octanol–water partition coefficient (Wildman–Crippen LogP) is 1.58. The molecular weight excluding hydrogens is 290 g/mol. The maximum absolute atomic E-state index is 12.5. The predicted molar refractivity (Wildman–Crippen MR) is 90.0 cm³/mol. The molecule has 0 spiro atoms. The molecule has 2 amide bonds. The average molecular weight is 321 g/mol. The molecular formula is C18H31N3O2. The minimum atomic E-state index is 0.152. The van der Waals surface area contributed by atoms with Gasteiger partial charge >= 0.3 is 0 Å². The first-order chi connectivity index (χ1) is 11.1. The van der Waals surface area contributed by atoms with Gasteiger partial charge in [0.2, 0.25) is 11.8 Å². The Bertz CT molecular complexity index is 432. The SMILES string of the molecule is CN1CCN(C(=O)CCC(=O)N2CCC3CCCCC3C2)CC1. The van der Waals surface area contributed by atoms with Crippen molar-refractivity contribution >= 4 is 11.8 Å². The molecule has 2 heterocycles. The highest BCUT2D eigenvalue weighted by Crippen LogP contribution is 2.36. The molecule has 1 saturated carbocycles. The first-order valence-electron chi connectivity index (χ1n) is 9.37. The highest BCUT2D eigenvalue weighted by atomic mass is 16.2. The third kappa shape index (κ3) is 4.25. The minimum absolute atomic E-state index is 0.152. The summed E-state index contributed by atoms with van der Waals surface area (Å²) in [6, 6.07) is 0. The van der Waals surface area contributed by atoms with Crippen molar-refractivity contribution < 1.29 is 9.59 Å². The molecule has 2 saturated heterocycles. The second kappa shape index (κ2) is 7.65. The van der Waals surface area contributed by atoms with Crippen LogP contribution in [0.1, 0.15) is 44.9 Å². The zero-order valence-electron chi connectivity index (χ0n) is 14.5. The summed E-state index contributed by atoms with van der Waals surface area (Å²) in [5.41, 5.74) is 0. The molecule has 2 atom stereocenters. The van der Waals surface area contributed by atoms with Gasteiger partial charge < -0.3 is 14.7 Å². The number of carbonyl (C=O) groups is 2. The molecule has 0 bridgehead atoms. The van der Waals surface area contributed by atoms with Gasteiger partial charge in [0, 0.05) is 52.1 Å². The zero-order chi connectivity index (χ0) is 16.2. The van der Waals surface area contributed by atoms with E-state index in [0.29, 0.717) is 12.8 Å². The number of nitrogens with zero attached hydrogens (tertiary/aromatic N) is 3. The number of amides is 2. The van der Waals surface area contributed by atoms with Crippen LogP contribution >= 0.6 is 0 Å². The third-order valence-electron chi connectivity index (χ3n) is 6.05. The number of piperidine rings is 1. The molecule has 0 aromatic rings. The lowest BCUT2D eigenvalue weighted by atomic mass is 9.75. The number of hydrogen-bond donors (Lipinski definition) is 0. The van der Waals surface area contributed by atoms with Crippen molar-refractivity contribution in [2.75, 3.05) is 46.3 Å². The van der Waals surface area contributed by atoms with Gasteiger partial charge in [-0.15, -0.1) is 0 Å². The Labute approximate surface area is 140 Å². The summed E-state index contributed by atoms with van der Waals surface area (Å²) < 4.78 is 0. The van der Waals surface area contributed by atoms with Gasteiger partial charge in [-0.25, -0.2) is 0 Å². The highest BCUT2D eigenvalue weighted by Gasteiger charge is 2.33. The average Bonchev–Trinajstić information content (AvgIpc) is 2.59. The van der Waals surface area contributed by atoms with Crippen LogP contribution in [0, 0.1) is 11.8 Å². The largest absolute Gasteiger partial charge is 0.342 e. The smallest absolute Gasteiger partial charge is 0.223 e. The van der Waals surface area contributed by atoms with Crippen molar-refractivity contribution in [3.05, 3.63) is 0 Å². The molecule has 3 rings (SSSR count). The number of carbonyl (C=O) groups excluding carboxylic acids is 2. The van der Waals surface area contributed by atoms with E-state index in [0.717, 1.165) is 51.1 Å². The lowest BCUT2D eigenvalue weighted by molar-refractivity contribution is -0.139. The van der Waals surface area contributed by atoms with Crippen LogP contribution in [-0.2, 0) is 9.59 Å². The van der Waals surface area contributed by atoms with Gasteiger partial charge in [-0.05, 0) is 31.7 Å². The van der Waals surface area contributed by atoms with E-state index >= 15 is 0 Å². The maximum Gasteiger partial charge on any atom is 0.223 e. The molecule has 2 aliphatic heterocycles. The van der Waals surface area contributed by atoms with Crippen LogP contribution in [-0.4, -0.2) is 72.8 Å². The quantitative estimate of drug-likeness (QED) is 0.793. The molecule has 3 fully saturated rings. The van der Waals surface area contributed by atoms with E-state index < -0.39 is 0 Å². The van der Waals surface area contributed by atoms with Crippen LogP contribution < -0.4 is 0 Å². The Morgan fingerprint density at radius 1 is 0.783 bits per heavy atom. The minimum Gasteiger partial charge on any atom is -0.342 e. The first kappa shape index (κ1) is 16.7. The number of rotatable bonds is 3. The topological polar surface area (TPSA) is 43.9 Å². The molecule has 1 aliphatic carbocycles. The molecule has 130 valence electrons. The molecule has 0 aromatic carbocycles. The summed E-state index contributed by atoms with van der Waals surface area (Å²) in [5, 5.41) is 0. The Balaban J connectivity index is 1.41. The fourth-order valence-electron chi connectivity index (χ4n) is 4.41. The van der Waals surface area contributed by atoms with E-state index in [1.807, 2.05) is 9.80 Å². The first-order valence-corrected chi connectivity index (χ1v) is 9.37. The fourth-order valence-corrected chi connectivity index (χ4v) is 4.41. The molecule has 23 heavy (non-hydrogen) atoms. The Hall–Kier alpha value is -1.10. The van der Waals surface area contributed by atoms with Crippen molar-refractivity contribution in [1.82, 2.24) is 14.7 Å².